The van der Waals surface area contributed by atoms with Crippen molar-refractivity contribution >= 4 is 5.97 Å². The molecule has 0 spiro atoms. The minimum atomic E-state index is -0.273. The van der Waals surface area contributed by atoms with Crippen LogP contribution in [0.1, 0.15) is 90.9 Å². The first-order valence-corrected chi connectivity index (χ1v) is 8.76. The molecule has 0 atom stereocenters. The molecule has 0 bridgehead atoms. The van der Waals surface area contributed by atoms with Gasteiger partial charge in [-0.1, -0.05) is 83.3 Å². The number of carbonyl (C=O) groups is 1. The molecule has 0 aliphatic carbocycles. The molecule has 0 saturated carbocycles. The highest BCUT2D eigenvalue weighted by molar-refractivity contribution is 5.66. The van der Waals surface area contributed by atoms with Gasteiger partial charge in [0.05, 0.1) is 6.26 Å². The normalized spacial score (nSPS) is 11.5. The predicted molar refractivity (Wildman–Crippen MR) is 91.1 cm³/mol. The molecule has 0 aromatic rings. The van der Waals surface area contributed by atoms with Crippen LogP contribution in [0.5, 0.6) is 0 Å². The van der Waals surface area contributed by atoms with E-state index < -0.39 is 0 Å². The van der Waals surface area contributed by atoms with Crippen molar-refractivity contribution in [3.05, 3.63) is 24.5 Å². The van der Waals surface area contributed by atoms with E-state index in [1.165, 1.54) is 83.8 Å². The molecule has 0 fully saturated rings. The number of hydrogen-bond acceptors (Lipinski definition) is 2. The maximum Gasteiger partial charge on any atom is 0.307 e. The summed E-state index contributed by atoms with van der Waals surface area (Å²) >= 11 is 0. The van der Waals surface area contributed by atoms with E-state index in [-0.39, 0.29) is 5.97 Å². The van der Waals surface area contributed by atoms with Gasteiger partial charge in [0.1, 0.15) is 0 Å². The molecule has 0 amide bonds. The first kappa shape index (κ1) is 19.9. The fourth-order valence-electron chi connectivity index (χ4n) is 2.28. The van der Waals surface area contributed by atoms with Crippen molar-refractivity contribution in [2.75, 3.05) is 0 Å². The summed E-state index contributed by atoms with van der Waals surface area (Å²) < 4.78 is 4.68. The Balaban J connectivity index is 3.13. The minimum absolute atomic E-state index is 0.273. The van der Waals surface area contributed by atoms with Crippen LogP contribution in [-0.4, -0.2) is 5.97 Å². The van der Waals surface area contributed by atoms with Crippen LogP contribution < -0.4 is 0 Å². The van der Waals surface area contributed by atoms with E-state index in [4.69, 9.17) is 0 Å². The van der Waals surface area contributed by atoms with E-state index in [1.807, 2.05) is 6.08 Å². The van der Waals surface area contributed by atoms with Crippen molar-refractivity contribution in [3.8, 4) is 0 Å². The van der Waals surface area contributed by atoms with E-state index in [1.54, 1.807) is 6.08 Å². The Hall–Kier alpha value is -1.05. The third-order valence-corrected chi connectivity index (χ3v) is 3.53. The Morgan fingerprint density at radius 1 is 0.810 bits per heavy atom. The Morgan fingerprint density at radius 2 is 1.33 bits per heavy atom. The molecule has 2 heteroatoms. The van der Waals surface area contributed by atoms with Crippen molar-refractivity contribution in [1.29, 1.82) is 0 Å². The molecule has 0 radical (unpaired) electrons. The van der Waals surface area contributed by atoms with Crippen LogP contribution in [0.4, 0.5) is 0 Å². The fraction of sp³-hybridized carbons (Fsp3) is 0.737. The van der Waals surface area contributed by atoms with Crippen molar-refractivity contribution in [2.45, 2.75) is 90.9 Å². The molecule has 0 unspecified atom stereocenters. The van der Waals surface area contributed by atoms with Gasteiger partial charge in [0.15, 0.2) is 0 Å². The molecule has 0 rings (SSSR count). The Labute approximate surface area is 131 Å². The topological polar surface area (TPSA) is 26.3 Å². The van der Waals surface area contributed by atoms with Crippen LogP contribution in [0.25, 0.3) is 0 Å². The fourth-order valence-corrected chi connectivity index (χ4v) is 2.28. The van der Waals surface area contributed by atoms with Gasteiger partial charge >= 0.3 is 5.97 Å². The molecule has 0 aliphatic heterocycles. The van der Waals surface area contributed by atoms with Gasteiger partial charge in [-0.3, -0.25) is 4.79 Å². The lowest BCUT2D eigenvalue weighted by Gasteiger charge is -2.01. The summed E-state index contributed by atoms with van der Waals surface area (Å²) in [6.45, 7) is 3.67. The van der Waals surface area contributed by atoms with Gasteiger partial charge in [-0.15, -0.1) is 0 Å². The summed E-state index contributed by atoms with van der Waals surface area (Å²) in [5, 5.41) is 0. The number of carbonyl (C=O) groups excluding carboxylic acids is 1. The van der Waals surface area contributed by atoms with Gasteiger partial charge < -0.3 is 4.74 Å². The smallest absolute Gasteiger partial charge is 0.307 e. The van der Waals surface area contributed by atoms with E-state index in [9.17, 15) is 4.79 Å². The summed E-state index contributed by atoms with van der Waals surface area (Å²) in [4.78, 5) is 10.5. The van der Waals surface area contributed by atoms with Crippen molar-refractivity contribution in [1.82, 2.24) is 0 Å². The van der Waals surface area contributed by atoms with Crippen LogP contribution in [0.3, 0.4) is 0 Å². The minimum Gasteiger partial charge on any atom is -0.435 e. The van der Waals surface area contributed by atoms with Crippen LogP contribution in [0.2, 0.25) is 0 Å². The highest BCUT2D eigenvalue weighted by Gasteiger charge is 1.92. The van der Waals surface area contributed by atoms with E-state index in [2.05, 4.69) is 17.7 Å². The summed E-state index contributed by atoms with van der Waals surface area (Å²) in [7, 11) is 0. The number of unbranched alkanes of at least 4 members (excludes halogenated alkanes) is 11. The van der Waals surface area contributed by atoms with Crippen LogP contribution in [0.15, 0.2) is 24.5 Å². The van der Waals surface area contributed by atoms with Gasteiger partial charge in [0, 0.05) is 6.92 Å². The maximum atomic E-state index is 10.5. The molecule has 21 heavy (non-hydrogen) atoms. The lowest BCUT2D eigenvalue weighted by atomic mass is 10.1. The lowest BCUT2D eigenvalue weighted by Crippen LogP contribution is -1.88. The number of allylic oxidation sites excluding steroid dienone is 3. The zero-order valence-electron chi connectivity index (χ0n) is 14.1. The van der Waals surface area contributed by atoms with Crippen molar-refractivity contribution in [3.63, 3.8) is 0 Å². The zero-order chi connectivity index (χ0) is 15.6. The third kappa shape index (κ3) is 18.9. The van der Waals surface area contributed by atoms with E-state index in [0.29, 0.717) is 0 Å². The standard InChI is InChI=1S/C19H34O2/c1-3-4-5-6-7-8-9-10-11-12-13-14-15-16-17-18-21-19(2)20/h15-18H,3-14H2,1-2H3/b16-15+,18-17+. The highest BCUT2D eigenvalue weighted by atomic mass is 16.5. The Morgan fingerprint density at radius 3 is 1.86 bits per heavy atom. The maximum absolute atomic E-state index is 10.5. The molecular weight excluding hydrogens is 260 g/mol. The quantitative estimate of drug-likeness (QED) is 0.162. The van der Waals surface area contributed by atoms with Crippen LogP contribution in [-0.2, 0) is 9.53 Å². The molecule has 0 heterocycles. The second kappa shape index (κ2) is 17.0. The predicted octanol–water partition coefficient (Wildman–Crippen LogP) is 6.32. The van der Waals surface area contributed by atoms with Gasteiger partial charge in [0.2, 0.25) is 0 Å². The van der Waals surface area contributed by atoms with Gasteiger partial charge in [-0.25, -0.2) is 0 Å². The highest BCUT2D eigenvalue weighted by Crippen LogP contribution is 2.11. The van der Waals surface area contributed by atoms with Gasteiger partial charge in [-0.05, 0) is 18.9 Å². The van der Waals surface area contributed by atoms with E-state index in [0.717, 1.165) is 6.42 Å². The second-order valence-electron chi connectivity index (χ2n) is 5.69. The number of ether oxygens (including phenoxy) is 1. The Kier molecular flexibility index (Phi) is 16.2. The van der Waals surface area contributed by atoms with E-state index >= 15 is 0 Å². The molecule has 0 N–H and O–H groups in total. The lowest BCUT2D eigenvalue weighted by molar-refractivity contribution is -0.135. The molecule has 0 saturated heterocycles. The molecule has 122 valence electrons. The molecular formula is C19H34O2. The van der Waals surface area contributed by atoms with Gasteiger partial charge in [-0.2, -0.15) is 0 Å². The monoisotopic (exact) mass is 294 g/mol. The summed E-state index contributed by atoms with van der Waals surface area (Å²) in [5.41, 5.74) is 0. The van der Waals surface area contributed by atoms with Gasteiger partial charge in [0.25, 0.3) is 0 Å². The van der Waals surface area contributed by atoms with Crippen molar-refractivity contribution in [2.24, 2.45) is 0 Å². The first-order valence-electron chi connectivity index (χ1n) is 8.76. The first-order chi connectivity index (χ1) is 10.3. The second-order valence-corrected chi connectivity index (χ2v) is 5.69. The largest absolute Gasteiger partial charge is 0.435 e. The zero-order valence-corrected chi connectivity index (χ0v) is 14.1. The number of hydrogen-bond donors (Lipinski definition) is 0. The molecule has 0 aromatic heterocycles. The molecule has 2 nitrogen and oxygen atoms in total. The SMILES string of the molecule is CCCCCCCCCCCCC/C=C/C=C/OC(C)=O. The average Bonchev–Trinajstić information content (AvgIpc) is 2.46. The molecule has 0 aliphatic rings. The third-order valence-electron chi connectivity index (χ3n) is 3.53. The van der Waals surface area contributed by atoms with Crippen LogP contribution in [0, 0.1) is 0 Å². The van der Waals surface area contributed by atoms with Crippen molar-refractivity contribution < 1.29 is 9.53 Å². The summed E-state index contributed by atoms with van der Waals surface area (Å²) in [6, 6.07) is 0. The summed E-state index contributed by atoms with van der Waals surface area (Å²) in [5.74, 6) is -0.273. The summed E-state index contributed by atoms with van der Waals surface area (Å²) in [6.07, 6.45) is 23.6. The van der Waals surface area contributed by atoms with Crippen LogP contribution >= 0.6 is 0 Å². The number of rotatable bonds is 14. The average molecular weight is 294 g/mol. The Bertz CT molecular complexity index is 279. The number of esters is 1. The molecule has 0 aromatic carbocycles.